The van der Waals surface area contributed by atoms with E-state index in [2.05, 4.69) is 10.3 Å². The van der Waals surface area contributed by atoms with Gasteiger partial charge in [0.25, 0.3) is 5.91 Å². The molecule has 2 atom stereocenters. The molecule has 0 unspecified atom stereocenters. The fraction of sp³-hybridized carbons (Fsp3) is 0.600. The number of aromatic nitrogens is 3. The Balaban J connectivity index is 1.58. The minimum atomic E-state index is -0.151. The van der Waals surface area contributed by atoms with Crippen LogP contribution in [0.4, 0.5) is 0 Å². The second-order valence-corrected chi connectivity index (χ2v) is 7.91. The number of nitrogens with zero attached hydrogens (tertiary/aromatic N) is 5. The molecule has 0 N–H and O–H groups in total. The quantitative estimate of drug-likeness (QED) is 0.802. The van der Waals surface area contributed by atoms with Gasteiger partial charge >= 0.3 is 0 Å². The third kappa shape index (κ3) is 3.10. The van der Waals surface area contributed by atoms with Gasteiger partial charge in [0.15, 0.2) is 0 Å². The van der Waals surface area contributed by atoms with Crippen LogP contribution >= 0.6 is 0 Å². The molecule has 8 nitrogen and oxygen atoms in total. The van der Waals surface area contributed by atoms with Crippen LogP contribution < -0.4 is 0 Å². The Kier molecular flexibility index (Phi) is 4.72. The van der Waals surface area contributed by atoms with Crippen LogP contribution in [0.2, 0.25) is 0 Å². The molecular formula is C20H27N5O3. The molecule has 2 amide bonds. The van der Waals surface area contributed by atoms with Crippen LogP contribution in [-0.4, -0.2) is 55.7 Å². The van der Waals surface area contributed by atoms with E-state index in [1.54, 1.807) is 11.7 Å². The molecule has 3 aliphatic heterocycles. The van der Waals surface area contributed by atoms with E-state index in [0.717, 1.165) is 42.0 Å². The number of rotatable bonds is 4. The highest BCUT2D eigenvalue weighted by molar-refractivity contribution is 5.93. The zero-order chi connectivity index (χ0) is 20.0. The Morgan fingerprint density at radius 2 is 2.07 bits per heavy atom. The third-order valence-corrected chi connectivity index (χ3v) is 6.10. The minimum absolute atomic E-state index is 0.0165. The van der Waals surface area contributed by atoms with E-state index in [9.17, 15) is 9.59 Å². The molecule has 150 valence electrons. The van der Waals surface area contributed by atoms with Crippen molar-refractivity contribution in [2.75, 3.05) is 13.1 Å². The molecule has 0 aliphatic carbocycles. The molecule has 8 heteroatoms. The average molecular weight is 385 g/mol. The SMILES string of the molecule is CCc1cc(C(=O)N2C[C@@H]3CC[C@H](C2)N(Cc2c(C)noc2C)C3=O)n(C)n1. The van der Waals surface area contributed by atoms with Gasteiger partial charge in [-0.15, -0.1) is 0 Å². The van der Waals surface area contributed by atoms with E-state index in [4.69, 9.17) is 4.52 Å². The molecule has 3 saturated heterocycles. The van der Waals surface area contributed by atoms with E-state index in [1.807, 2.05) is 36.6 Å². The zero-order valence-electron chi connectivity index (χ0n) is 16.9. The fourth-order valence-electron chi connectivity index (χ4n) is 4.37. The van der Waals surface area contributed by atoms with Crippen molar-refractivity contribution in [2.45, 2.75) is 52.6 Å². The van der Waals surface area contributed by atoms with Gasteiger partial charge in [-0.1, -0.05) is 12.1 Å². The summed E-state index contributed by atoms with van der Waals surface area (Å²) in [6, 6.07) is 1.88. The maximum atomic E-state index is 13.2. The first-order chi connectivity index (χ1) is 13.4. The normalized spacial score (nSPS) is 22.1. The molecule has 2 bridgehead atoms. The predicted octanol–water partition coefficient (Wildman–Crippen LogP) is 1.85. The molecule has 5 rings (SSSR count). The first kappa shape index (κ1) is 18.7. The molecule has 28 heavy (non-hydrogen) atoms. The summed E-state index contributed by atoms with van der Waals surface area (Å²) in [6.45, 7) is 7.31. The van der Waals surface area contributed by atoms with Crippen LogP contribution in [0.25, 0.3) is 0 Å². The summed E-state index contributed by atoms with van der Waals surface area (Å²) in [6.07, 6.45) is 2.53. The van der Waals surface area contributed by atoms with Crippen molar-refractivity contribution < 1.29 is 14.1 Å². The van der Waals surface area contributed by atoms with Crippen molar-refractivity contribution >= 4 is 11.8 Å². The number of hydrogen-bond acceptors (Lipinski definition) is 5. The maximum Gasteiger partial charge on any atom is 0.272 e. The van der Waals surface area contributed by atoms with Crippen LogP contribution in [0.5, 0.6) is 0 Å². The Labute approximate surface area is 164 Å². The first-order valence-electron chi connectivity index (χ1n) is 9.93. The summed E-state index contributed by atoms with van der Waals surface area (Å²) in [5.41, 5.74) is 3.28. The zero-order valence-corrected chi connectivity index (χ0v) is 16.9. The molecule has 2 aromatic rings. The summed E-state index contributed by atoms with van der Waals surface area (Å²) in [5.74, 6) is 0.687. The lowest BCUT2D eigenvalue weighted by Gasteiger charge is -2.35. The maximum absolute atomic E-state index is 13.2. The fourth-order valence-corrected chi connectivity index (χ4v) is 4.37. The van der Waals surface area contributed by atoms with Crippen LogP contribution in [0, 0.1) is 19.8 Å². The summed E-state index contributed by atoms with van der Waals surface area (Å²) in [7, 11) is 1.80. The van der Waals surface area contributed by atoms with Gasteiger partial charge in [-0.05, 0) is 39.2 Å². The Hall–Kier alpha value is -2.64. The standard InChI is InChI=1S/C20H27N5O3/c1-5-15-8-18(23(4)21-15)20(27)24-9-14-6-7-16(10-24)25(19(14)26)11-17-12(2)22-28-13(17)3/h8,14,16H,5-7,9-11H2,1-4H3/t14-,16+/m0/s1. The average Bonchev–Trinajstić information content (AvgIpc) is 3.06. The van der Waals surface area contributed by atoms with Gasteiger partial charge in [0.1, 0.15) is 11.5 Å². The van der Waals surface area contributed by atoms with Crippen LogP contribution in [0.1, 0.15) is 53.0 Å². The molecule has 0 saturated carbocycles. The number of amides is 2. The smallest absolute Gasteiger partial charge is 0.272 e. The van der Waals surface area contributed by atoms with Crippen molar-refractivity contribution in [2.24, 2.45) is 13.0 Å². The molecule has 3 aliphatic rings. The number of piperidine rings is 1. The highest BCUT2D eigenvalue weighted by Gasteiger charge is 2.42. The van der Waals surface area contributed by atoms with Gasteiger partial charge in [0.2, 0.25) is 5.91 Å². The van der Waals surface area contributed by atoms with Crippen molar-refractivity contribution in [1.29, 1.82) is 0 Å². The van der Waals surface area contributed by atoms with Crippen LogP contribution in [0.3, 0.4) is 0 Å². The summed E-state index contributed by atoms with van der Waals surface area (Å²) in [4.78, 5) is 30.0. The highest BCUT2D eigenvalue weighted by atomic mass is 16.5. The molecule has 5 heterocycles. The van der Waals surface area contributed by atoms with Gasteiger partial charge in [-0.2, -0.15) is 5.10 Å². The molecule has 3 fully saturated rings. The van der Waals surface area contributed by atoms with Crippen molar-refractivity contribution in [1.82, 2.24) is 24.7 Å². The molecule has 2 aromatic heterocycles. The number of hydrogen-bond donors (Lipinski definition) is 0. The topological polar surface area (TPSA) is 84.5 Å². The number of carbonyl (C=O) groups is 2. The molecular weight excluding hydrogens is 358 g/mol. The molecule has 0 aromatic carbocycles. The van der Waals surface area contributed by atoms with Crippen LogP contribution in [0.15, 0.2) is 10.6 Å². The first-order valence-corrected chi connectivity index (χ1v) is 9.93. The van der Waals surface area contributed by atoms with Crippen molar-refractivity contribution in [3.05, 3.63) is 34.5 Å². The molecule has 0 spiro atoms. The van der Waals surface area contributed by atoms with E-state index in [0.29, 0.717) is 25.3 Å². The lowest BCUT2D eigenvalue weighted by molar-refractivity contribution is -0.140. The summed E-state index contributed by atoms with van der Waals surface area (Å²) in [5, 5.41) is 8.40. The van der Waals surface area contributed by atoms with Crippen molar-refractivity contribution in [3.63, 3.8) is 0 Å². The number of carbonyl (C=O) groups excluding carboxylic acids is 2. The van der Waals surface area contributed by atoms with E-state index >= 15 is 0 Å². The Bertz CT molecular complexity index is 896. The summed E-state index contributed by atoms with van der Waals surface area (Å²) < 4.78 is 6.91. The largest absolute Gasteiger partial charge is 0.361 e. The highest BCUT2D eigenvalue weighted by Crippen LogP contribution is 2.32. The van der Waals surface area contributed by atoms with Gasteiger partial charge in [-0.25, -0.2) is 0 Å². The van der Waals surface area contributed by atoms with Gasteiger partial charge in [0, 0.05) is 31.7 Å². The second kappa shape index (κ2) is 7.07. The van der Waals surface area contributed by atoms with E-state index in [-0.39, 0.29) is 23.8 Å². The van der Waals surface area contributed by atoms with E-state index in [1.165, 1.54) is 0 Å². The number of aryl methyl sites for hydroxylation is 4. The lowest BCUT2D eigenvalue weighted by Crippen LogP contribution is -2.47. The monoisotopic (exact) mass is 385 g/mol. The number of fused-ring (bicyclic) bond motifs is 4. The minimum Gasteiger partial charge on any atom is -0.361 e. The summed E-state index contributed by atoms with van der Waals surface area (Å²) >= 11 is 0. The van der Waals surface area contributed by atoms with Gasteiger partial charge in [0.05, 0.1) is 23.9 Å². The van der Waals surface area contributed by atoms with Crippen molar-refractivity contribution in [3.8, 4) is 0 Å². The van der Waals surface area contributed by atoms with Gasteiger partial charge < -0.3 is 14.3 Å². The lowest BCUT2D eigenvalue weighted by atomic mass is 9.93. The Morgan fingerprint density at radius 3 is 2.71 bits per heavy atom. The van der Waals surface area contributed by atoms with Gasteiger partial charge in [-0.3, -0.25) is 14.3 Å². The second-order valence-electron chi connectivity index (χ2n) is 7.91. The third-order valence-electron chi connectivity index (χ3n) is 6.10. The van der Waals surface area contributed by atoms with E-state index < -0.39 is 0 Å². The predicted molar refractivity (Wildman–Crippen MR) is 102 cm³/mol. The Morgan fingerprint density at radius 1 is 1.29 bits per heavy atom. The molecule has 0 radical (unpaired) electrons. The van der Waals surface area contributed by atoms with Crippen LogP contribution in [-0.2, 0) is 24.8 Å².